The van der Waals surface area contributed by atoms with E-state index in [1.54, 1.807) is 0 Å². The SMILES string of the molecule is CCCCCNc1nc(N)nc2ccn(Cc3ccc(CN4CCN(C(=O)CCCC(=O)C[C@H](SC[C@H](N)C(=O)O)C(=O)O)CC4)cc3C)c12. The Morgan fingerprint density at radius 3 is 2.42 bits per heavy atom. The number of thioether (sulfide) groups is 1. The van der Waals surface area contributed by atoms with Gasteiger partial charge >= 0.3 is 11.9 Å². The van der Waals surface area contributed by atoms with Crippen molar-refractivity contribution in [1.29, 1.82) is 0 Å². The van der Waals surface area contributed by atoms with Gasteiger partial charge in [0, 0.05) is 77.0 Å². The monoisotopic (exact) mass is 710 g/mol. The van der Waals surface area contributed by atoms with Crippen molar-refractivity contribution in [3.8, 4) is 0 Å². The number of amides is 1. The number of aliphatic carboxylic acids is 2. The van der Waals surface area contributed by atoms with Crippen LogP contribution in [0.2, 0.25) is 0 Å². The molecule has 1 aliphatic heterocycles. The van der Waals surface area contributed by atoms with E-state index in [1.165, 1.54) is 16.7 Å². The number of aromatic nitrogens is 3. The quantitative estimate of drug-likeness (QED) is 0.107. The lowest BCUT2D eigenvalue weighted by molar-refractivity contribution is -0.139. The van der Waals surface area contributed by atoms with Crippen molar-refractivity contribution in [1.82, 2.24) is 24.3 Å². The average Bonchev–Trinajstić information content (AvgIpc) is 3.48. The first-order valence-corrected chi connectivity index (χ1v) is 18.3. The molecule has 0 unspecified atom stereocenters. The van der Waals surface area contributed by atoms with Gasteiger partial charge in [-0.05, 0) is 42.5 Å². The standard InChI is InChI=1S/C35H50N8O6S/c1-3-4-5-12-38-32-31-28(39-35(37)40-32)11-13-43(31)21-25-10-9-24(18-23(25)2)20-41-14-16-42(17-15-41)30(45)8-6-7-26(44)19-29(34(48)49)50-22-27(36)33(46)47/h9-11,13,18,27,29H,3-8,12,14-17,19-22,36H2,1-2H3,(H,46,47)(H,48,49)(H3,37,38,39,40)/t27-,29-/m0/s1. The van der Waals surface area contributed by atoms with E-state index in [-0.39, 0.29) is 42.7 Å². The number of piperazine rings is 1. The predicted octanol–water partition coefficient (Wildman–Crippen LogP) is 3.34. The first-order chi connectivity index (χ1) is 23.9. The van der Waals surface area contributed by atoms with Crippen LogP contribution in [0, 0.1) is 6.92 Å². The molecule has 14 nitrogen and oxygen atoms in total. The normalized spacial score (nSPS) is 14.8. The number of carboxylic acids is 2. The van der Waals surface area contributed by atoms with Crippen molar-refractivity contribution in [2.75, 3.05) is 49.5 Å². The van der Waals surface area contributed by atoms with Gasteiger partial charge in [-0.25, -0.2) is 4.98 Å². The summed E-state index contributed by atoms with van der Waals surface area (Å²) in [4.78, 5) is 60.7. The summed E-state index contributed by atoms with van der Waals surface area (Å²) < 4.78 is 2.16. The molecule has 2 aromatic heterocycles. The Morgan fingerprint density at radius 1 is 0.980 bits per heavy atom. The van der Waals surface area contributed by atoms with Crippen LogP contribution in [0.25, 0.3) is 11.0 Å². The highest BCUT2D eigenvalue weighted by Gasteiger charge is 2.25. The number of nitrogens with two attached hydrogens (primary N) is 2. The zero-order chi connectivity index (χ0) is 36.2. The van der Waals surface area contributed by atoms with Gasteiger partial charge in [0.2, 0.25) is 11.9 Å². The highest BCUT2D eigenvalue weighted by atomic mass is 32.2. The van der Waals surface area contributed by atoms with Crippen LogP contribution in [0.5, 0.6) is 0 Å². The molecule has 1 aliphatic rings. The number of nitrogens with one attached hydrogen (secondary N) is 1. The molecule has 3 aromatic rings. The molecule has 2 atom stereocenters. The lowest BCUT2D eigenvalue weighted by Crippen LogP contribution is -2.48. The summed E-state index contributed by atoms with van der Waals surface area (Å²) in [6.07, 6.45) is 5.80. The molecular weight excluding hydrogens is 661 g/mol. The lowest BCUT2D eigenvalue weighted by atomic mass is 10.0. The van der Waals surface area contributed by atoms with Crippen molar-refractivity contribution in [2.24, 2.45) is 5.73 Å². The van der Waals surface area contributed by atoms with Crippen LogP contribution in [-0.2, 0) is 32.3 Å². The van der Waals surface area contributed by atoms with Gasteiger partial charge < -0.3 is 36.5 Å². The number of benzene rings is 1. The van der Waals surface area contributed by atoms with E-state index in [9.17, 15) is 24.3 Å². The Labute approximate surface area is 297 Å². The molecule has 0 spiro atoms. The zero-order valence-electron chi connectivity index (χ0n) is 29.0. The van der Waals surface area contributed by atoms with E-state index >= 15 is 0 Å². The minimum atomic E-state index is -1.22. The fourth-order valence-electron chi connectivity index (χ4n) is 6.00. The lowest BCUT2D eigenvalue weighted by Gasteiger charge is -2.35. The van der Waals surface area contributed by atoms with E-state index in [2.05, 4.69) is 56.8 Å². The number of hydrogen-bond donors (Lipinski definition) is 5. The molecular formula is C35H50N8O6S. The Bertz CT molecular complexity index is 1640. The summed E-state index contributed by atoms with van der Waals surface area (Å²) in [6, 6.07) is 7.33. The number of Topliss-reactive ketones (excluding diaryl/α,β-unsaturated/α-hetero) is 1. The van der Waals surface area contributed by atoms with Gasteiger partial charge in [-0.2, -0.15) is 4.98 Å². The van der Waals surface area contributed by atoms with Gasteiger partial charge in [-0.1, -0.05) is 38.0 Å². The third-order valence-electron chi connectivity index (χ3n) is 8.91. The number of carbonyl (C=O) groups excluding carboxylic acids is 2. The number of fused-ring (bicyclic) bond motifs is 1. The molecule has 1 aromatic carbocycles. The Hall–Kier alpha value is -4.21. The first kappa shape index (κ1) is 38.6. The number of aryl methyl sites for hydroxylation is 1. The van der Waals surface area contributed by atoms with Crippen LogP contribution in [0.15, 0.2) is 30.5 Å². The summed E-state index contributed by atoms with van der Waals surface area (Å²) in [6.45, 7) is 9.29. The highest BCUT2D eigenvalue weighted by Crippen LogP contribution is 2.25. The van der Waals surface area contributed by atoms with Crippen LogP contribution in [0.4, 0.5) is 11.8 Å². The third-order valence-corrected chi connectivity index (χ3v) is 10.2. The second-order valence-electron chi connectivity index (χ2n) is 12.9. The van der Waals surface area contributed by atoms with Crippen LogP contribution in [0.1, 0.15) is 68.6 Å². The predicted molar refractivity (Wildman–Crippen MR) is 195 cm³/mol. The van der Waals surface area contributed by atoms with Crippen LogP contribution in [-0.4, -0.2) is 108 Å². The second kappa shape index (κ2) is 18.7. The van der Waals surface area contributed by atoms with E-state index in [0.717, 1.165) is 74.1 Å². The molecule has 1 fully saturated rings. The van der Waals surface area contributed by atoms with Gasteiger partial charge in [0.15, 0.2) is 5.82 Å². The van der Waals surface area contributed by atoms with Gasteiger partial charge in [0.05, 0.1) is 5.52 Å². The molecule has 50 heavy (non-hydrogen) atoms. The zero-order valence-corrected chi connectivity index (χ0v) is 29.8. The summed E-state index contributed by atoms with van der Waals surface area (Å²) >= 11 is 0.847. The number of nitrogen functional groups attached to an aromatic ring is 1. The molecule has 272 valence electrons. The van der Waals surface area contributed by atoms with Crippen molar-refractivity contribution < 1.29 is 29.4 Å². The number of rotatable bonds is 20. The number of nitrogens with zero attached hydrogens (tertiary/aromatic N) is 5. The van der Waals surface area contributed by atoms with Crippen LogP contribution >= 0.6 is 11.8 Å². The number of ketones is 1. The number of hydrogen-bond acceptors (Lipinski definition) is 11. The van der Waals surface area contributed by atoms with E-state index in [1.807, 2.05) is 17.2 Å². The van der Waals surface area contributed by atoms with Gasteiger partial charge in [0.25, 0.3) is 0 Å². The molecule has 0 radical (unpaired) electrons. The van der Waals surface area contributed by atoms with Crippen molar-refractivity contribution in [3.63, 3.8) is 0 Å². The van der Waals surface area contributed by atoms with Crippen LogP contribution < -0.4 is 16.8 Å². The summed E-state index contributed by atoms with van der Waals surface area (Å²) in [5, 5.41) is 20.7. The molecule has 1 saturated heterocycles. The number of unbranched alkanes of at least 4 members (excludes halogenated alkanes) is 2. The Kier molecular flexibility index (Phi) is 14.4. The Balaban J connectivity index is 1.22. The van der Waals surface area contributed by atoms with E-state index < -0.39 is 23.2 Å². The molecule has 0 bridgehead atoms. The molecule has 0 saturated carbocycles. The maximum absolute atomic E-state index is 12.8. The number of carboxylic acid groups (broad SMARTS) is 2. The second-order valence-corrected chi connectivity index (χ2v) is 14.1. The van der Waals surface area contributed by atoms with Gasteiger partial charge in [-0.3, -0.25) is 24.1 Å². The van der Waals surface area contributed by atoms with Crippen LogP contribution in [0.3, 0.4) is 0 Å². The maximum atomic E-state index is 12.8. The molecule has 1 amide bonds. The van der Waals surface area contributed by atoms with E-state index in [0.29, 0.717) is 26.1 Å². The molecule has 15 heteroatoms. The minimum Gasteiger partial charge on any atom is -0.480 e. The van der Waals surface area contributed by atoms with Crippen molar-refractivity contribution in [3.05, 3.63) is 47.2 Å². The summed E-state index contributed by atoms with van der Waals surface area (Å²) in [5.74, 6) is -1.78. The Morgan fingerprint density at radius 2 is 1.74 bits per heavy atom. The number of carbonyl (C=O) groups is 4. The minimum absolute atomic E-state index is 0.0147. The summed E-state index contributed by atoms with van der Waals surface area (Å²) in [7, 11) is 0. The molecule has 0 aliphatic carbocycles. The molecule has 4 rings (SSSR count). The molecule has 7 N–H and O–H groups in total. The topological polar surface area (TPSA) is 210 Å². The number of anilines is 2. The van der Waals surface area contributed by atoms with E-state index in [4.69, 9.17) is 16.6 Å². The first-order valence-electron chi connectivity index (χ1n) is 17.2. The van der Waals surface area contributed by atoms with Gasteiger partial charge in [0.1, 0.15) is 22.6 Å². The maximum Gasteiger partial charge on any atom is 0.321 e. The highest BCUT2D eigenvalue weighted by molar-refractivity contribution is 8.00. The fraction of sp³-hybridized carbons (Fsp3) is 0.543. The fourth-order valence-corrected chi connectivity index (χ4v) is 7.03. The third kappa shape index (κ3) is 11.2. The van der Waals surface area contributed by atoms with Gasteiger partial charge in [-0.15, -0.1) is 11.8 Å². The smallest absolute Gasteiger partial charge is 0.321 e. The van der Waals surface area contributed by atoms with Crippen molar-refractivity contribution >= 4 is 58.2 Å². The van der Waals surface area contributed by atoms with Crippen molar-refractivity contribution in [2.45, 2.75) is 83.2 Å². The molecule has 3 heterocycles. The average molecular weight is 711 g/mol. The summed E-state index contributed by atoms with van der Waals surface area (Å²) in [5.41, 5.74) is 16.8. The largest absolute Gasteiger partial charge is 0.480 e.